The zero-order chi connectivity index (χ0) is 23.4. The number of fused-ring (bicyclic) bond motifs is 1. The van der Waals surface area contributed by atoms with Crippen molar-refractivity contribution in [1.82, 2.24) is 24.2 Å². The second kappa shape index (κ2) is 9.57. The van der Waals surface area contributed by atoms with Crippen LogP contribution in [0, 0.1) is 11.8 Å². The molecule has 0 saturated carbocycles. The van der Waals surface area contributed by atoms with Crippen molar-refractivity contribution in [3.63, 3.8) is 0 Å². The molecule has 0 spiro atoms. The molecule has 2 N–H and O–H groups in total. The third-order valence-electron chi connectivity index (χ3n) is 6.08. The second-order valence-corrected chi connectivity index (χ2v) is 8.40. The number of benzene rings is 1. The zero-order valence-corrected chi connectivity index (χ0v) is 18.6. The lowest BCUT2D eigenvalue weighted by atomic mass is 9.91. The number of aliphatic hydroxyl groups excluding tert-OH is 1. The van der Waals surface area contributed by atoms with Crippen LogP contribution in [0.5, 0.6) is 0 Å². The summed E-state index contributed by atoms with van der Waals surface area (Å²) in [4.78, 5) is 31.7. The van der Waals surface area contributed by atoms with Gasteiger partial charge in [-0.15, -0.1) is 0 Å². The Morgan fingerprint density at radius 2 is 1.91 bits per heavy atom. The first-order valence-corrected chi connectivity index (χ1v) is 11.0. The molecule has 0 bridgehead atoms. The highest BCUT2D eigenvalue weighted by Crippen LogP contribution is 2.24. The minimum Gasteiger partial charge on any atom is -0.388 e. The number of likely N-dealkylation sites (tertiary alicyclic amines) is 1. The highest BCUT2D eigenvalue weighted by molar-refractivity contribution is 5.79. The van der Waals surface area contributed by atoms with Gasteiger partial charge in [-0.1, -0.05) is 36.3 Å². The molecule has 1 aromatic carbocycles. The number of carbonyl (C=O) groups excluding carboxylic acids is 1. The molecule has 1 saturated heterocycles. The topological polar surface area (TPSA) is 113 Å². The van der Waals surface area contributed by atoms with E-state index >= 15 is 0 Å². The Bertz CT molecular complexity index is 1260. The van der Waals surface area contributed by atoms with Crippen LogP contribution in [-0.2, 0) is 24.8 Å². The number of hydrogen-bond acceptors (Lipinski definition) is 6. The summed E-state index contributed by atoms with van der Waals surface area (Å²) in [5.41, 5.74) is 0.641. The van der Waals surface area contributed by atoms with Crippen LogP contribution in [0.15, 0.2) is 41.5 Å². The van der Waals surface area contributed by atoms with Crippen LogP contribution >= 0.6 is 0 Å². The molecule has 1 aliphatic rings. The molecule has 3 aromatic rings. The molecule has 2 aromatic heterocycles. The summed E-state index contributed by atoms with van der Waals surface area (Å²) >= 11 is 0. The maximum atomic E-state index is 13.0. The number of aliphatic hydroxyl groups is 2. The van der Waals surface area contributed by atoms with E-state index in [1.54, 1.807) is 11.9 Å². The van der Waals surface area contributed by atoms with Crippen molar-refractivity contribution in [3.8, 4) is 11.8 Å². The van der Waals surface area contributed by atoms with Crippen molar-refractivity contribution in [2.24, 2.45) is 7.05 Å². The van der Waals surface area contributed by atoms with E-state index in [0.29, 0.717) is 50.0 Å². The number of carbonyl (C=O) groups is 1. The Morgan fingerprint density at radius 1 is 1.18 bits per heavy atom. The highest BCUT2D eigenvalue weighted by atomic mass is 16.3. The quantitative estimate of drug-likeness (QED) is 0.547. The van der Waals surface area contributed by atoms with E-state index < -0.39 is 5.60 Å². The Balaban J connectivity index is 1.41. The van der Waals surface area contributed by atoms with Crippen LogP contribution in [-0.4, -0.2) is 65.6 Å². The summed E-state index contributed by atoms with van der Waals surface area (Å²) in [6, 6.07) is 9.89. The van der Waals surface area contributed by atoms with Gasteiger partial charge >= 0.3 is 0 Å². The van der Waals surface area contributed by atoms with Gasteiger partial charge in [0.2, 0.25) is 5.91 Å². The molecule has 1 fully saturated rings. The second-order valence-electron chi connectivity index (χ2n) is 8.40. The number of rotatable bonds is 5. The normalized spacial score (nSPS) is 15.3. The summed E-state index contributed by atoms with van der Waals surface area (Å²) in [5, 5.41) is 24.3. The Labute approximate surface area is 191 Å². The molecule has 0 aliphatic carbocycles. The van der Waals surface area contributed by atoms with Crippen molar-refractivity contribution in [3.05, 3.63) is 58.3 Å². The van der Waals surface area contributed by atoms with Crippen molar-refractivity contribution >= 4 is 16.9 Å². The average molecular weight is 450 g/mol. The minimum atomic E-state index is -1.11. The van der Waals surface area contributed by atoms with E-state index in [0.717, 1.165) is 5.56 Å². The Kier molecular flexibility index (Phi) is 6.58. The molecule has 0 radical (unpaired) electrons. The van der Waals surface area contributed by atoms with E-state index in [4.69, 9.17) is 5.11 Å². The number of aryl methyl sites for hydroxylation is 2. The van der Waals surface area contributed by atoms with Crippen molar-refractivity contribution < 1.29 is 15.0 Å². The lowest BCUT2D eigenvalue weighted by molar-refractivity contribution is -0.135. The van der Waals surface area contributed by atoms with Gasteiger partial charge in [0.15, 0.2) is 5.52 Å². The molecule has 9 heteroatoms. The lowest BCUT2D eigenvalue weighted by Gasteiger charge is -2.38. The van der Waals surface area contributed by atoms with Gasteiger partial charge in [0, 0.05) is 26.6 Å². The molecule has 33 heavy (non-hydrogen) atoms. The average Bonchev–Trinajstić information content (AvgIpc) is 3.15. The predicted octanol–water partition coefficient (Wildman–Crippen LogP) is 0.460. The fourth-order valence-corrected chi connectivity index (χ4v) is 4.17. The van der Waals surface area contributed by atoms with E-state index in [1.165, 1.54) is 15.6 Å². The third kappa shape index (κ3) is 4.97. The number of amides is 1. The van der Waals surface area contributed by atoms with Gasteiger partial charge in [-0.05, 0) is 30.7 Å². The first-order valence-electron chi connectivity index (χ1n) is 11.0. The molecule has 172 valence electrons. The monoisotopic (exact) mass is 449 g/mol. The molecule has 0 unspecified atom stereocenters. The van der Waals surface area contributed by atoms with Crippen molar-refractivity contribution in [2.45, 2.75) is 37.8 Å². The SMILES string of the molecule is Cn1nc2c(=O)n(CC3(O)CCN(C(=O)CCc4ccccc4)CC3)cnc2c1C#CCO. The van der Waals surface area contributed by atoms with Crippen molar-refractivity contribution in [2.75, 3.05) is 19.7 Å². The van der Waals surface area contributed by atoms with Gasteiger partial charge < -0.3 is 15.1 Å². The molecule has 3 heterocycles. The number of piperidine rings is 1. The van der Waals surface area contributed by atoms with E-state index in [-0.39, 0.29) is 30.1 Å². The summed E-state index contributed by atoms with van der Waals surface area (Å²) in [7, 11) is 1.66. The summed E-state index contributed by atoms with van der Waals surface area (Å²) in [6.45, 7) is 0.662. The van der Waals surface area contributed by atoms with Crippen molar-refractivity contribution in [1.29, 1.82) is 0 Å². The minimum absolute atomic E-state index is 0.0751. The number of aromatic nitrogens is 4. The number of hydrogen-bond donors (Lipinski definition) is 2. The maximum Gasteiger partial charge on any atom is 0.281 e. The fourth-order valence-electron chi connectivity index (χ4n) is 4.17. The molecule has 0 atom stereocenters. The Hall–Kier alpha value is -3.48. The fraction of sp³-hybridized carbons (Fsp3) is 0.417. The first kappa shape index (κ1) is 22.7. The number of nitrogens with zero attached hydrogens (tertiary/aromatic N) is 5. The largest absolute Gasteiger partial charge is 0.388 e. The van der Waals surface area contributed by atoms with Gasteiger partial charge in [-0.25, -0.2) is 4.98 Å². The van der Waals surface area contributed by atoms with Gasteiger partial charge in [-0.2, -0.15) is 5.10 Å². The molecular weight excluding hydrogens is 422 g/mol. The van der Waals surface area contributed by atoms with Gasteiger partial charge in [0.1, 0.15) is 17.8 Å². The summed E-state index contributed by atoms with van der Waals surface area (Å²) in [6.07, 6.45) is 3.28. The van der Waals surface area contributed by atoms with Gasteiger partial charge in [0.05, 0.1) is 18.5 Å². The predicted molar refractivity (Wildman–Crippen MR) is 122 cm³/mol. The molecule has 1 aliphatic heterocycles. The standard InChI is InChI=1S/C24H27N5O4/c1-27-19(8-5-15-30)21-22(26-27)23(32)29(17-25-21)16-24(33)11-13-28(14-12-24)20(31)10-9-18-6-3-2-4-7-18/h2-4,6-7,17,30,33H,9-16H2,1H3. The van der Waals surface area contributed by atoms with Crippen LogP contribution in [0.25, 0.3) is 11.0 Å². The molecule has 1 amide bonds. The zero-order valence-electron chi connectivity index (χ0n) is 18.6. The summed E-state index contributed by atoms with van der Waals surface area (Å²) in [5.74, 6) is 5.38. The smallest absolute Gasteiger partial charge is 0.281 e. The van der Waals surface area contributed by atoms with Crippen LogP contribution in [0.3, 0.4) is 0 Å². The van der Waals surface area contributed by atoms with Crippen LogP contribution in [0.2, 0.25) is 0 Å². The van der Waals surface area contributed by atoms with Crippen LogP contribution < -0.4 is 5.56 Å². The van der Waals surface area contributed by atoms with Crippen LogP contribution in [0.4, 0.5) is 0 Å². The lowest BCUT2D eigenvalue weighted by Crippen LogP contribution is -2.49. The summed E-state index contributed by atoms with van der Waals surface area (Å²) < 4.78 is 2.83. The van der Waals surface area contributed by atoms with E-state index in [2.05, 4.69) is 21.9 Å². The molecule has 9 nitrogen and oxygen atoms in total. The van der Waals surface area contributed by atoms with Crippen LogP contribution in [0.1, 0.15) is 30.5 Å². The van der Waals surface area contributed by atoms with Gasteiger partial charge in [-0.3, -0.25) is 18.8 Å². The first-order chi connectivity index (χ1) is 15.9. The molecular formula is C24H27N5O4. The third-order valence-corrected chi connectivity index (χ3v) is 6.08. The van der Waals surface area contributed by atoms with Gasteiger partial charge in [0.25, 0.3) is 5.56 Å². The highest BCUT2D eigenvalue weighted by Gasteiger charge is 2.34. The van der Waals surface area contributed by atoms with E-state index in [9.17, 15) is 14.7 Å². The Morgan fingerprint density at radius 3 is 2.61 bits per heavy atom. The molecule has 4 rings (SSSR count). The van der Waals surface area contributed by atoms with E-state index in [1.807, 2.05) is 30.3 Å². The maximum absolute atomic E-state index is 13.0.